The highest BCUT2D eigenvalue weighted by Gasteiger charge is 2.09. The summed E-state index contributed by atoms with van der Waals surface area (Å²) in [5.41, 5.74) is 1.75. The summed E-state index contributed by atoms with van der Waals surface area (Å²) in [4.78, 5) is 13.6. The van der Waals surface area contributed by atoms with Crippen molar-refractivity contribution >= 4 is 35.1 Å². The van der Waals surface area contributed by atoms with Crippen molar-refractivity contribution in [3.63, 3.8) is 0 Å². The highest BCUT2D eigenvalue weighted by Crippen LogP contribution is 2.26. The molecular weight excluding hydrogens is 452 g/mol. The first-order valence-corrected chi connectivity index (χ1v) is 15.2. The molecule has 0 aromatic heterocycles. The van der Waals surface area contributed by atoms with Crippen LogP contribution in [-0.4, -0.2) is 63.7 Å². The third-order valence-corrected chi connectivity index (χ3v) is 6.77. The van der Waals surface area contributed by atoms with Crippen LogP contribution in [0.15, 0.2) is 23.1 Å². The molecule has 0 saturated carbocycles. The molecule has 0 saturated heterocycles. The zero-order valence-corrected chi connectivity index (χ0v) is 22.7. The molecule has 1 aromatic rings. The second kappa shape index (κ2) is 21.6. The molecule has 0 atom stereocenters. The van der Waals surface area contributed by atoms with Gasteiger partial charge in [-0.15, -0.1) is 11.8 Å². The molecule has 0 aliphatic heterocycles. The van der Waals surface area contributed by atoms with E-state index in [9.17, 15) is 4.79 Å². The van der Waals surface area contributed by atoms with Crippen LogP contribution in [0.4, 0.5) is 5.69 Å². The van der Waals surface area contributed by atoms with E-state index in [0.717, 1.165) is 81.5 Å². The molecule has 0 radical (unpaired) electrons. The fourth-order valence-electron chi connectivity index (χ4n) is 3.33. The van der Waals surface area contributed by atoms with E-state index >= 15 is 0 Å². The number of rotatable bonds is 22. The summed E-state index contributed by atoms with van der Waals surface area (Å²) >= 11 is 3.50. The Bertz CT molecular complexity index is 617. The van der Waals surface area contributed by atoms with Gasteiger partial charge in [0, 0.05) is 55.7 Å². The third kappa shape index (κ3) is 15.6. The maximum atomic E-state index is 12.4. The van der Waals surface area contributed by atoms with Gasteiger partial charge in [0.2, 0.25) is 0 Å². The van der Waals surface area contributed by atoms with Gasteiger partial charge in [-0.25, -0.2) is 0 Å². The van der Waals surface area contributed by atoms with Crippen molar-refractivity contribution in [2.24, 2.45) is 0 Å². The van der Waals surface area contributed by atoms with Gasteiger partial charge >= 0.3 is 0 Å². The van der Waals surface area contributed by atoms with Crippen LogP contribution in [0.5, 0.6) is 0 Å². The molecule has 0 aliphatic rings. The molecule has 0 unspecified atom stereocenters. The Kier molecular flexibility index (Phi) is 19.8. The average Bonchev–Trinajstić information content (AvgIpc) is 2.84. The zero-order chi connectivity index (χ0) is 24.0. The molecule has 0 bridgehead atoms. The van der Waals surface area contributed by atoms with E-state index in [1.54, 1.807) is 23.5 Å². The molecule has 5 nitrogen and oxygen atoms in total. The summed E-state index contributed by atoms with van der Waals surface area (Å²) in [5, 5.41) is 6.51. The minimum Gasteiger partial charge on any atom is -0.384 e. The average molecular weight is 499 g/mol. The lowest BCUT2D eigenvalue weighted by atomic mass is 10.1. The normalized spacial score (nSPS) is 11.0. The Balaban J connectivity index is 2.12. The van der Waals surface area contributed by atoms with Crippen LogP contribution < -0.4 is 10.6 Å². The van der Waals surface area contributed by atoms with Gasteiger partial charge in [-0.3, -0.25) is 4.79 Å². The maximum Gasteiger partial charge on any atom is 0.251 e. The number of carbonyl (C=O) groups is 1. The highest BCUT2D eigenvalue weighted by atomic mass is 32.2. The van der Waals surface area contributed by atoms with E-state index in [1.807, 2.05) is 18.2 Å². The van der Waals surface area contributed by atoms with Crippen LogP contribution in [0.1, 0.15) is 75.1 Å². The lowest BCUT2D eigenvalue weighted by Gasteiger charge is -2.13. The van der Waals surface area contributed by atoms with E-state index in [-0.39, 0.29) is 5.91 Å². The topological polar surface area (TPSA) is 59.6 Å². The summed E-state index contributed by atoms with van der Waals surface area (Å²) in [6, 6.07) is 5.90. The van der Waals surface area contributed by atoms with E-state index in [0.29, 0.717) is 5.56 Å². The van der Waals surface area contributed by atoms with Gasteiger partial charge in [0.15, 0.2) is 0 Å². The van der Waals surface area contributed by atoms with Gasteiger partial charge in [0.25, 0.3) is 5.91 Å². The number of hydrogen-bond donors (Lipinski definition) is 2. The predicted molar refractivity (Wildman–Crippen MR) is 146 cm³/mol. The smallest absolute Gasteiger partial charge is 0.251 e. The molecule has 0 heterocycles. The first kappa shape index (κ1) is 30.1. The van der Waals surface area contributed by atoms with E-state index in [4.69, 9.17) is 9.47 Å². The first-order valence-electron chi connectivity index (χ1n) is 12.6. The Morgan fingerprint density at radius 2 is 1.55 bits per heavy atom. The molecular formula is C26H46N2O3S2. The Labute approximate surface area is 210 Å². The number of anilines is 1. The van der Waals surface area contributed by atoms with Crippen LogP contribution in [-0.2, 0) is 9.47 Å². The van der Waals surface area contributed by atoms with Crippen LogP contribution in [0.25, 0.3) is 0 Å². The van der Waals surface area contributed by atoms with E-state index < -0.39 is 0 Å². The fourth-order valence-corrected chi connectivity index (χ4v) is 4.32. The van der Waals surface area contributed by atoms with Crippen molar-refractivity contribution in [2.75, 3.05) is 63.1 Å². The summed E-state index contributed by atoms with van der Waals surface area (Å²) in [6.45, 7) is 7.07. The van der Waals surface area contributed by atoms with Crippen LogP contribution in [0.3, 0.4) is 0 Å². The third-order valence-electron chi connectivity index (χ3n) is 5.27. The summed E-state index contributed by atoms with van der Waals surface area (Å²) < 4.78 is 11.4. The van der Waals surface area contributed by atoms with Crippen LogP contribution in [0.2, 0.25) is 0 Å². The predicted octanol–water partition coefficient (Wildman–Crippen LogP) is 6.48. The molecule has 2 N–H and O–H groups in total. The van der Waals surface area contributed by atoms with Gasteiger partial charge in [-0.05, 0) is 68.6 Å². The Hall–Kier alpha value is -0.890. The van der Waals surface area contributed by atoms with Crippen molar-refractivity contribution in [3.8, 4) is 0 Å². The molecule has 33 heavy (non-hydrogen) atoms. The molecule has 1 rings (SSSR count). The van der Waals surface area contributed by atoms with E-state index in [1.165, 1.54) is 32.1 Å². The molecule has 190 valence electrons. The summed E-state index contributed by atoms with van der Waals surface area (Å²) in [6.07, 6.45) is 14.6. The number of nitrogens with one attached hydrogen (secondary N) is 2. The molecule has 0 fully saturated rings. The fraction of sp³-hybridized carbons (Fsp3) is 0.731. The summed E-state index contributed by atoms with van der Waals surface area (Å²) in [5.74, 6) is 1.07. The number of hydrogen-bond acceptors (Lipinski definition) is 6. The van der Waals surface area contributed by atoms with Gasteiger partial charge in [-0.1, -0.05) is 32.6 Å². The van der Waals surface area contributed by atoms with Gasteiger partial charge in [0.05, 0.1) is 0 Å². The maximum absolute atomic E-state index is 12.4. The van der Waals surface area contributed by atoms with Crippen molar-refractivity contribution < 1.29 is 14.3 Å². The first-order chi connectivity index (χ1) is 16.2. The van der Waals surface area contributed by atoms with Crippen LogP contribution in [0, 0.1) is 0 Å². The SMILES string of the molecule is CCCCCCCOCCCOCCCCNc1cc(C(=O)NCCCSC)ccc1SC. The number of ether oxygens (including phenoxy) is 2. The molecule has 0 aliphatic carbocycles. The number of carbonyl (C=O) groups excluding carboxylic acids is 1. The van der Waals surface area contributed by atoms with Gasteiger partial charge < -0.3 is 20.1 Å². The Morgan fingerprint density at radius 1 is 0.848 bits per heavy atom. The second-order valence-corrected chi connectivity index (χ2v) is 9.98. The van der Waals surface area contributed by atoms with E-state index in [2.05, 4.69) is 30.1 Å². The summed E-state index contributed by atoms with van der Waals surface area (Å²) in [7, 11) is 0. The monoisotopic (exact) mass is 498 g/mol. The van der Waals surface area contributed by atoms with Crippen molar-refractivity contribution in [3.05, 3.63) is 23.8 Å². The number of benzene rings is 1. The second-order valence-electron chi connectivity index (χ2n) is 8.14. The van der Waals surface area contributed by atoms with Crippen molar-refractivity contribution in [1.29, 1.82) is 0 Å². The van der Waals surface area contributed by atoms with Crippen LogP contribution >= 0.6 is 23.5 Å². The van der Waals surface area contributed by atoms with Gasteiger partial charge in [0.1, 0.15) is 0 Å². The standard InChI is InChI=1S/C26H46N2O3S2/c1-4-5-6-7-9-17-30-19-12-20-31-18-10-8-15-27-24-22-23(13-14-25(24)33-3)26(29)28-16-11-21-32-2/h13-14,22,27H,4-12,15-21H2,1-3H3,(H,28,29). The molecule has 1 amide bonds. The van der Waals surface area contributed by atoms with Crippen molar-refractivity contribution in [2.45, 2.75) is 69.6 Å². The van der Waals surface area contributed by atoms with Crippen molar-refractivity contribution in [1.82, 2.24) is 5.32 Å². The number of thioether (sulfide) groups is 2. The lowest BCUT2D eigenvalue weighted by Crippen LogP contribution is -2.24. The molecule has 7 heteroatoms. The minimum absolute atomic E-state index is 0.000628. The lowest BCUT2D eigenvalue weighted by molar-refractivity contribution is 0.0799. The largest absolute Gasteiger partial charge is 0.384 e. The highest BCUT2D eigenvalue weighted by molar-refractivity contribution is 7.98. The minimum atomic E-state index is 0.000628. The molecule has 1 aromatic carbocycles. The molecule has 0 spiro atoms. The quantitative estimate of drug-likeness (QED) is 0.141. The number of amides is 1. The number of unbranched alkanes of at least 4 members (excludes halogenated alkanes) is 5. The van der Waals surface area contributed by atoms with Gasteiger partial charge in [-0.2, -0.15) is 11.8 Å². The zero-order valence-electron chi connectivity index (χ0n) is 21.1. The Morgan fingerprint density at radius 3 is 2.24 bits per heavy atom.